The van der Waals surface area contributed by atoms with Crippen LogP contribution in [0, 0.1) is 10.1 Å². The van der Waals surface area contributed by atoms with E-state index >= 15 is 0 Å². The summed E-state index contributed by atoms with van der Waals surface area (Å²) >= 11 is 0. The van der Waals surface area contributed by atoms with Gasteiger partial charge in [-0.25, -0.2) is 8.42 Å². The van der Waals surface area contributed by atoms with Crippen LogP contribution in [0.25, 0.3) is 0 Å². The van der Waals surface area contributed by atoms with Gasteiger partial charge in [0, 0.05) is 18.2 Å². The van der Waals surface area contributed by atoms with Crippen molar-refractivity contribution in [3.05, 3.63) is 64.2 Å². The molecule has 1 unspecified atom stereocenters. The zero-order chi connectivity index (χ0) is 20.9. The second-order valence-electron chi connectivity index (χ2n) is 5.65. The minimum Gasteiger partial charge on any atom is -0.497 e. The van der Waals surface area contributed by atoms with Gasteiger partial charge < -0.3 is 14.9 Å². The average molecular weight is 410 g/mol. The van der Waals surface area contributed by atoms with Gasteiger partial charge in [0.15, 0.2) is 0 Å². The third kappa shape index (κ3) is 4.44. The molecule has 1 atom stereocenters. The van der Waals surface area contributed by atoms with Crippen LogP contribution < -0.4 is 4.74 Å². The molecule has 0 spiro atoms. The normalized spacial score (nSPS) is 12.5. The number of methoxy groups -OCH3 is 1. The number of carbonyl (C=O) groups is 1. The van der Waals surface area contributed by atoms with Gasteiger partial charge in [-0.1, -0.05) is 18.2 Å². The van der Waals surface area contributed by atoms with Crippen molar-refractivity contribution in [3.8, 4) is 5.75 Å². The quantitative estimate of drug-likeness (QED) is 0.463. The van der Waals surface area contributed by atoms with E-state index in [2.05, 4.69) is 0 Å². The number of nitro groups is 1. The largest absolute Gasteiger partial charge is 0.497 e. The Labute approximate surface area is 160 Å². The Morgan fingerprint density at radius 1 is 1.21 bits per heavy atom. The van der Waals surface area contributed by atoms with Crippen LogP contribution in [0.15, 0.2) is 53.4 Å². The smallest absolute Gasteiger partial charge is 0.324 e. The molecule has 150 valence electrons. The topological polar surface area (TPSA) is 147 Å². The van der Waals surface area contributed by atoms with E-state index in [1.54, 1.807) is 0 Å². The molecule has 0 heterocycles. The van der Waals surface area contributed by atoms with Crippen LogP contribution in [0.1, 0.15) is 5.56 Å². The highest BCUT2D eigenvalue weighted by molar-refractivity contribution is 7.89. The molecule has 2 N–H and O–H groups in total. The van der Waals surface area contributed by atoms with Crippen LogP contribution in [0.4, 0.5) is 5.69 Å². The van der Waals surface area contributed by atoms with E-state index in [0.29, 0.717) is 10.1 Å². The van der Waals surface area contributed by atoms with Gasteiger partial charge in [0.25, 0.3) is 5.69 Å². The highest BCUT2D eigenvalue weighted by Crippen LogP contribution is 2.26. The van der Waals surface area contributed by atoms with E-state index in [4.69, 9.17) is 4.74 Å². The summed E-state index contributed by atoms with van der Waals surface area (Å²) in [6, 6.07) is 8.75. The molecule has 0 radical (unpaired) electrons. The fourth-order valence-corrected chi connectivity index (χ4v) is 4.08. The fourth-order valence-electron chi connectivity index (χ4n) is 2.53. The molecule has 2 rings (SSSR count). The summed E-state index contributed by atoms with van der Waals surface area (Å²) in [7, 11) is -3.01. The van der Waals surface area contributed by atoms with Gasteiger partial charge in [-0.05, 0) is 24.3 Å². The summed E-state index contributed by atoms with van der Waals surface area (Å²) in [5, 5.41) is 30.1. The molecular formula is C17H18N2O8S. The Bertz CT molecular complexity index is 959. The van der Waals surface area contributed by atoms with Crippen LogP contribution in [-0.4, -0.2) is 53.6 Å². The van der Waals surface area contributed by atoms with Gasteiger partial charge in [-0.2, -0.15) is 4.31 Å². The molecular weight excluding hydrogens is 392 g/mol. The number of sulfonamides is 1. The number of benzene rings is 2. The number of aliphatic hydroxyl groups is 1. The Hall–Kier alpha value is -3.02. The molecule has 10 nitrogen and oxygen atoms in total. The van der Waals surface area contributed by atoms with Crippen molar-refractivity contribution >= 4 is 21.7 Å². The Balaban J connectivity index is 2.56. The van der Waals surface area contributed by atoms with E-state index < -0.39 is 40.1 Å². The first-order valence-electron chi connectivity index (χ1n) is 7.94. The average Bonchev–Trinajstić information content (AvgIpc) is 2.67. The predicted octanol–water partition coefficient (Wildman–Crippen LogP) is 1.24. The second kappa shape index (κ2) is 8.78. The first-order chi connectivity index (χ1) is 13.2. The number of nitrogens with zero attached hydrogens (tertiary/aromatic N) is 2. The fraction of sp³-hybridized carbons (Fsp3) is 0.235. The van der Waals surface area contributed by atoms with Gasteiger partial charge in [0.05, 0.1) is 23.5 Å². The lowest BCUT2D eigenvalue weighted by Crippen LogP contribution is -2.46. The maximum absolute atomic E-state index is 13.1. The first kappa shape index (κ1) is 21.3. The standard InChI is InChI=1S/C17H18N2O8S/c1-27-13-6-8-14(9-7-13)28(25,26)18(16(11-20)17(21)22)10-12-4-2-3-5-15(12)19(23)24/h2-9,16,20H,10-11H2,1H3,(H,21,22). The molecule has 0 amide bonds. The third-order valence-corrected chi connectivity index (χ3v) is 5.86. The molecule has 0 aliphatic heterocycles. The van der Waals surface area contributed by atoms with E-state index in [1.165, 1.54) is 55.6 Å². The van der Waals surface area contributed by atoms with Crippen LogP contribution in [0.5, 0.6) is 5.75 Å². The van der Waals surface area contributed by atoms with Crippen molar-refractivity contribution in [2.45, 2.75) is 17.5 Å². The zero-order valence-corrected chi connectivity index (χ0v) is 15.6. The van der Waals surface area contributed by atoms with E-state index in [-0.39, 0.29) is 16.1 Å². The molecule has 0 aliphatic rings. The molecule has 0 aromatic heterocycles. The van der Waals surface area contributed by atoms with Crippen molar-refractivity contribution in [1.29, 1.82) is 0 Å². The Morgan fingerprint density at radius 2 is 1.82 bits per heavy atom. The number of aliphatic hydroxyl groups excluding tert-OH is 1. The van der Waals surface area contributed by atoms with Crippen LogP contribution in [-0.2, 0) is 21.4 Å². The van der Waals surface area contributed by atoms with Crippen molar-refractivity contribution in [3.63, 3.8) is 0 Å². The summed E-state index contributed by atoms with van der Waals surface area (Å²) in [4.78, 5) is 21.8. The minimum absolute atomic E-state index is 0.00992. The molecule has 0 bridgehead atoms. The summed E-state index contributed by atoms with van der Waals surface area (Å²) in [6.07, 6.45) is 0. The van der Waals surface area contributed by atoms with Gasteiger partial charge in [0.1, 0.15) is 11.8 Å². The first-order valence-corrected chi connectivity index (χ1v) is 9.38. The molecule has 2 aromatic rings. The van der Waals surface area contributed by atoms with Crippen molar-refractivity contribution in [2.75, 3.05) is 13.7 Å². The minimum atomic E-state index is -4.41. The number of carboxylic acids is 1. The van der Waals surface area contributed by atoms with Gasteiger partial charge in [-0.15, -0.1) is 0 Å². The monoisotopic (exact) mass is 410 g/mol. The van der Waals surface area contributed by atoms with Gasteiger partial charge in [0.2, 0.25) is 10.0 Å². The van der Waals surface area contributed by atoms with Gasteiger partial charge in [-0.3, -0.25) is 14.9 Å². The summed E-state index contributed by atoms with van der Waals surface area (Å²) in [6.45, 7) is -1.62. The van der Waals surface area contributed by atoms with Crippen molar-refractivity contribution in [2.24, 2.45) is 0 Å². The molecule has 0 fully saturated rings. The molecule has 0 saturated carbocycles. The number of ether oxygens (including phenoxy) is 1. The number of rotatable bonds is 9. The van der Waals surface area contributed by atoms with E-state index in [1.807, 2.05) is 0 Å². The highest BCUT2D eigenvalue weighted by Gasteiger charge is 2.37. The second-order valence-corrected chi connectivity index (χ2v) is 7.54. The Morgan fingerprint density at radius 3 is 2.32 bits per heavy atom. The number of nitro benzene ring substituents is 1. The molecule has 0 aliphatic carbocycles. The van der Waals surface area contributed by atoms with E-state index in [0.717, 1.165) is 0 Å². The SMILES string of the molecule is COc1ccc(S(=O)(=O)N(Cc2ccccc2[N+](=O)[O-])C(CO)C(=O)O)cc1. The van der Waals surface area contributed by atoms with Gasteiger partial charge >= 0.3 is 5.97 Å². The number of para-hydroxylation sites is 1. The molecule has 2 aromatic carbocycles. The number of hydrogen-bond donors (Lipinski definition) is 2. The maximum atomic E-state index is 13.1. The molecule has 28 heavy (non-hydrogen) atoms. The third-order valence-electron chi connectivity index (χ3n) is 3.99. The molecule has 0 saturated heterocycles. The summed E-state index contributed by atoms with van der Waals surface area (Å²) in [5.41, 5.74) is -0.371. The lowest BCUT2D eigenvalue weighted by Gasteiger charge is -2.27. The van der Waals surface area contributed by atoms with Crippen LogP contribution in [0.2, 0.25) is 0 Å². The number of carboxylic acid groups (broad SMARTS) is 1. The predicted molar refractivity (Wildman–Crippen MR) is 97.3 cm³/mol. The summed E-state index contributed by atoms with van der Waals surface area (Å²) in [5.74, 6) is -1.20. The summed E-state index contributed by atoms with van der Waals surface area (Å²) < 4.78 is 31.6. The van der Waals surface area contributed by atoms with Crippen molar-refractivity contribution in [1.82, 2.24) is 4.31 Å². The Kier molecular flexibility index (Phi) is 6.67. The maximum Gasteiger partial charge on any atom is 0.324 e. The van der Waals surface area contributed by atoms with Crippen LogP contribution in [0.3, 0.4) is 0 Å². The lowest BCUT2D eigenvalue weighted by atomic mass is 10.1. The van der Waals surface area contributed by atoms with Crippen molar-refractivity contribution < 1.29 is 33.1 Å². The van der Waals surface area contributed by atoms with Crippen LogP contribution >= 0.6 is 0 Å². The number of aliphatic carboxylic acids is 1. The lowest BCUT2D eigenvalue weighted by molar-refractivity contribution is -0.385. The molecule has 11 heteroatoms. The number of hydrogen-bond acceptors (Lipinski definition) is 7. The zero-order valence-electron chi connectivity index (χ0n) is 14.8. The van der Waals surface area contributed by atoms with E-state index in [9.17, 15) is 33.5 Å². The highest BCUT2D eigenvalue weighted by atomic mass is 32.2.